The van der Waals surface area contributed by atoms with E-state index in [0.29, 0.717) is 25.2 Å². The van der Waals surface area contributed by atoms with E-state index in [-0.39, 0.29) is 24.6 Å². The molecular weight excluding hydrogens is 294 g/mol. The molecule has 0 radical (unpaired) electrons. The minimum Gasteiger partial charge on any atom is -0.378 e. The van der Waals surface area contributed by atoms with Crippen LogP contribution in [0.3, 0.4) is 0 Å². The molecule has 0 aromatic carbocycles. The van der Waals surface area contributed by atoms with Crippen LogP contribution in [0.25, 0.3) is 0 Å². The zero-order chi connectivity index (χ0) is 16.2. The Morgan fingerprint density at radius 2 is 2.04 bits per heavy atom. The van der Waals surface area contributed by atoms with Gasteiger partial charge in [0, 0.05) is 19.2 Å². The van der Waals surface area contributed by atoms with E-state index in [1.165, 1.54) is 25.7 Å². The molecule has 0 spiro atoms. The Bertz CT molecular complexity index is 433. The second kappa shape index (κ2) is 7.51. The van der Waals surface area contributed by atoms with Crippen LogP contribution in [-0.2, 0) is 9.53 Å². The minimum absolute atomic E-state index is 0.0841. The number of rotatable bonds is 7. The van der Waals surface area contributed by atoms with Crippen molar-refractivity contribution in [1.29, 1.82) is 0 Å². The molecule has 0 aromatic heterocycles. The summed E-state index contributed by atoms with van der Waals surface area (Å²) < 4.78 is 5.88. The summed E-state index contributed by atoms with van der Waals surface area (Å²) in [5.74, 6) is 0.728. The van der Waals surface area contributed by atoms with Crippen molar-refractivity contribution in [2.75, 3.05) is 26.4 Å². The van der Waals surface area contributed by atoms with E-state index in [4.69, 9.17) is 4.74 Å². The van der Waals surface area contributed by atoms with Gasteiger partial charge in [0.1, 0.15) is 6.54 Å². The molecule has 0 bridgehead atoms. The van der Waals surface area contributed by atoms with Crippen molar-refractivity contribution >= 4 is 11.9 Å². The maximum Gasteiger partial charge on any atom is 0.319 e. The smallest absolute Gasteiger partial charge is 0.319 e. The topological polar surface area (TPSA) is 61.9 Å². The fourth-order valence-corrected chi connectivity index (χ4v) is 3.84. The normalized spacial score (nSPS) is 23.6. The number of carbonyl (C=O) groups is 2. The molecule has 2 aliphatic carbocycles. The molecule has 3 aliphatic rings. The number of carbonyl (C=O) groups excluding carboxylic acids is 2. The predicted octanol–water partition coefficient (Wildman–Crippen LogP) is 1.95. The highest BCUT2D eigenvalue weighted by Crippen LogP contribution is 2.31. The van der Waals surface area contributed by atoms with Gasteiger partial charge in [-0.1, -0.05) is 12.8 Å². The van der Waals surface area contributed by atoms with Crippen molar-refractivity contribution in [3.63, 3.8) is 0 Å². The van der Waals surface area contributed by atoms with E-state index in [1.807, 2.05) is 11.8 Å². The third-order valence-electron chi connectivity index (χ3n) is 5.26. The lowest BCUT2D eigenvalue weighted by atomic mass is 9.98. The van der Waals surface area contributed by atoms with Crippen LogP contribution in [0.1, 0.15) is 51.9 Å². The van der Waals surface area contributed by atoms with Gasteiger partial charge in [-0.2, -0.15) is 0 Å². The Morgan fingerprint density at radius 1 is 1.30 bits per heavy atom. The Labute approximate surface area is 138 Å². The van der Waals surface area contributed by atoms with Gasteiger partial charge in [0.25, 0.3) is 0 Å². The van der Waals surface area contributed by atoms with Gasteiger partial charge in [0.15, 0.2) is 0 Å². The van der Waals surface area contributed by atoms with Gasteiger partial charge in [-0.15, -0.1) is 0 Å². The van der Waals surface area contributed by atoms with Gasteiger partial charge in [0.2, 0.25) is 5.91 Å². The van der Waals surface area contributed by atoms with Crippen LogP contribution in [0, 0.1) is 5.92 Å². The van der Waals surface area contributed by atoms with E-state index in [2.05, 4.69) is 5.32 Å². The monoisotopic (exact) mass is 323 g/mol. The molecule has 3 amide bonds. The summed E-state index contributed by atoms with van der Waals surface area (Å²) in [5, 5.41) is 2.97. The number of nitrogens with zero attached hydrogens (tertiary/aromatic N) is 2. The molecule has 2 saturated carbocycles. The molecule has 1 aliphatic heterocycles. The average molecular weight is 323 g/mol. The quantitative estimate of drug-likeness (QED) is 0.779. The van der Waals surface area contributed by atoms with Gasteiger partial charge in [-0.3, -0.25) is 9.69 Å². The first-order chi connectivity index (χ1) is 11.2. The highest BCUT2D eigenvalue weighted by Gasteiger charge is 2.39. The Balaban J connectivity index is 1.40. The molecule has 130 valence electrons. The first-order valence-electron chi connectivity index (χ1n) is 9.13. The van der Waals surface area contributed by atoms with Gasteiger partial charge >= 0.3 is 6.03 Å². The predicted molar refractivity (Wildman–Crippen MR) is 86.8 cm³/mol. The van der Waals surface area contributed by atoms with Crippen molar-refractivity contribution < 1.29 is 14.3 Å². The fraction of sp³-hybridized carbons (Fsp3) is 0.882. The molecule has 1 N–H and O–H groups in total. The van der Waals surface area contributed by atoms with Crippen LogP contribution < -0.4 is 5.32 Å². The summed E-state index contributed by atoms with van der Waals surface area (Å²) in [7, 11) is 0. The maximum absolute atomic E-state index is 12.2. The van der Waals surface area contributed by atoms with Gasteiger partial charge in [-0.05, 0) is 44.9 Å². The highest BCUT2D eigenvalue weighted by molar-refractivity contribution is 5.87. The largest absolute Gasteiger partial charge is 0.378 e. The lowest BCUT2D eigenvalue weighted by Crippen LogP contribution is -2.41. The first-order valence-corrected chi connectivity index (χ1v) is 9.13. The summed E-state index contributed by atoms with van der Waals surface area (Å²) in [6.45, 7) is 4.05. The van der Waals surface area contributed by atoms with Crippen LogP contribution in [0.2, 0.25) is 0 Å². The van der Waals surface area contributed by atoms with Gasteiger partial charge < -0.3 is 15.0 Å². The van der Waals surface area contributed by atoms with Crippen LogP contribution >= 0.6 is 0 Å². The number of nitrogens with one attached hydrogen (secondary N) is 1. The summed E-state index contributed by atoms with van der Waals surface area (Å²) >= 11 is 0. The van der Waals surface area contributed by atoms with Crippen LogP contribution in [0.5, 0.6) is 0 Å². The molecule has 3 fully saturated rings. The second-order valence-corrected chi connectivity index (χ2v) is 6.99. The van der Waals surface area contributed by atoms with E-state index >= 15 is 0 Å². The standard InChI is InChI=1S/C17H29N3O3/c1-2-23-15(13-5-3-4-6-13)9-10-18-17(22)19-11-16(21)20(12-19)14-7-8-14/h13-15H,2-12H2,1H3,(H,18,22). The SMILES string of the molecule is CCOC(CCNC(=O)N1CC(=O)N(C2CC2)C1)C1CCCC1. The minimum atomic E-state index is -0.122. The third kappa shape index (κ3) is 4.16. The molecule has 0 aromatic rings. The Kier molecular flexibility index (Phi) is 5.41. The number of ether oxygens (including phenoxy) is 1. The fourth-order valence-electron chi connectivity index (χ4n) is 3.84. The van der Waals surface area contributed by atoms with Crippen molar-refractivity contribution in [2.24, 2.45) is 5.92 Å². The van der Waals surface area contributed by atoms with Crippen LogP contribution in [0.15, 0.2) is 0 Å². The van der Waals surface area contributed by atoms with Crippen LogP contribution in [0.4, 0.5) is 4.79 Å². The highest BCUT2D eigenvalue weighted by atomic mass is 16.5. The van der Waals surface area contributed by atoms with Crippen molar-refractivity contribution in [3.05, 3.63) is 0 Å². The van der Waals surface area contributed by atoms with E-state index in [0.717, 1.165) is 25.9 Å². The maximum atomic E-state index is 12.2. The second-order valence-electron chi connectivity index (χ2n) is 6.99. The zero-order valence-electron chi connectivity index (χ0n) is 14.1. The summed E-state index contributed by atoms with van der Waals surface area (Å²) in [4.78, 5) is 27.6. The Morgan fingerprint density at radius 3 is 2.70 bits per heavy atom. The van der Waals surface area contributed by atoms with E-state index in [1.54, 1.807) is 4.90 Å². The molecule has 1 saturated heterocycles. The van der Waals surface area contributed by atoms with Crippen LogP contribution in [-0.4, -0.2) is 60.2 Å². The van der Waals surface area contributed by atoms with Crippen molar-refractivity contribution in [2.45, 2.75) is 64.0 Å². The number of hydrogen-bond acceptors (Lipinski definition) is 3. The molecule has 1 atom stereocenters. The zero-order valence-corrected chi connectivity index (χ0v) is 14.1. The number of amides is 3. The number of hydrogen-bond donors (Lipinski definition) is 1. The molecule has 1 unspecified atom stereocenters. The average Bonchev–Trinajstić information content (AvgIpc) is 3.08. The first kappa shape index (κ1) is 16.6. The number of urea groups is 1. The lowest BCUT2D eigenvalue weighted by molar-refractivity contribution is -0.127. The van der Waals surface area contributed by atoms with E-state index in [9.17, 15) is 9.59 Å². The summed E-state index contributed by atoms with van der Waals surface area (Å²) in [5.41, 5.74) is 0. The van der Waals surface area contributed by atoms with E-state index < -0.39 is 0 Å². The van der Waals surface area contributed by atoms with Gasteiger partial charge in [0.05, 0.1) is 12.8 Å². The van der Waals surface area contributed by atoms with Crippen molar-refractivity contribution in [3.8, 4) is 0 Å². The molecule has 6 heteroatoms. The molecule has 23 heavy (non-hydrogen) atoms. The summed E-state index contributed by atoms with van der Waals surface area (Å²) in [6, 6.07) is 0.258. The summed E-state index contributed by atoms with van der Waals surface area (Å²) in [6.07, 6.45) is 8.37. The lowest BCUT2D eigenvalue weighted by Gasteiger charge is -2.24. The molecule has 1 heterocycles. The Hall–Kier alpha value is -1.30. The molecular formula is C17H29N3O3. The van der Waals surface area contributed by atoms with Gasteiger partial charge in [-0.25, -0.2) is 4.79 Å². The molecule has 3 rings (SSSR count). The molecule has 6 nitrogen and oxygen atoms in total. The van der Waals surface area contributed by atoms with Crippen molar-refractivity contribution in [1.82, 2.24) is 15.1 Å². The third-order valence-corrected chi connectivity index (χ3v) is 5.26.